The van der Waals surface area contributed by atoms with Gasteiger partial charge >= 0.3 is 0 Å². The quantitative estimate of drug-likeness (QED) is 0.397. The molecule has 0 aliphatic heterocycles. The first-order valence-electron chi connectivity index (χ1n) is 10.5. The molecule has 5 aromatic rings. The molecule has 162 valence electrons. The molecule has 8 nitrogen and oxygen atoms in total. The summed E-state index contributed by atoms with van der Waals surface area (Å²) in [6.45, 7) is 0.469. The Hall–Kier alpha value is -4.59. The van der Waals surface area contributed by atoms with Gasteiger partial charge < -0.3 is 11.1 Å². The van der Waals surface area contributed by atoms with Crippen LogP contribution in [0.3, 0.4) is 0 Å². The minimum atomic E-state index is -0.309. The summed E-state index contributed by atoms with van der Waals surface area (Å²) in [6, 6.07) is 21.1. The Balaban J connectivity index is 1.54. The number of nitrogens with one attached hydrogen (secondary N) is 1. The fourth-order valence-corrected chi connectivity index (χ4v) is 3.62. The van der Waals surface area contributed by atoms with Crippen molar-refractivity contribution in [2.45, 2.75) is 6.42 Å². The average molecular weight is 435 g/mol. The highest BCUT2D eigenvalue weighted by atomic mass is 16.1. The molecular weight excluding hydrogens is 414 g/mol. The van der Waals surface area contributed by atoms with E-state index in [0.29, 0.717) is 35.2 Å². The highest BCUT2D eigenvalue weighted by Crippen LogP contribution is 2.27. The second-order valence-corrected chi connectivity index (χ2v) is 7.47. The fraction of sp³-hybridized carbons (Fsp3) is 0.0800. The molecule has 8 heteroatoms. The average Bonchev–Trinajstić information content (AvgIpc) is 3.12. The van der Waals surface area contributed by atoms with Gasteiger partial charge in [0.15, 0.2) is 5.65 Å². The van der Waals surface area contributed by atoms with Gasteiger partial charge in [0.2, 0.25) is 0 Å². The van der Waals surface area contributed by atoms with Gasteiger partial charge in [0, 0.05) is 18.9 Å². The van der Waals surface area contributed by atoms with E-state index in [0.717, 1.165) is 11.1 Å². The van der Waals surface area contributed by atoms with E-state index in [9.17, 15) is 4.79 Å². The molecule has 2 aromatic carbocycles. The first kappa shape index (κ1) is 20.3. The fourth-order valence-electron chi connectivity index (χ4n) is 3.62. The monoisotopic (exact) mass is 435 g/mol. The predicted octanol–water partition coefficient (Wildman–Crippen LogP) is 3.42. The van der Waals surface area contributed by atoms with Crippen LogP contribution in [0.5, 0.6) is 0 Å². The van der Waals surface area contributed by atoms with E-state index in [1.807, 2.05) is 66.7 Å². The van der Waals surface area contributed by atoms with Gasteiger partial charge in [-0.3, -0.25) is 9.78 Å². The SMILES string of the molecule is Nc1c(C(=O)NCCc2ccccc2)c2nc3ccccc3nc2n1N=Cc1ccncc1. The Morgan fingerprint density at radius 2 is 1.67 bits per heavy atom. The summed E-state index contributed by atoms with van der Waals surface area (Å²) in [6.07, 6.45) is 5.71. The Morgan fingerprint density at radius 1 is 0.970 bits per heavy atom. The molecule has 0 spiro atoms. The third kappa shape index (κ3) is 4.14. The van der Waals surface area contributed by atoms with Crippen LogP contribution >= 0.6 is 0 Å². The molecule has 0 bridgehead atoms. The third-order valence-electron chi connectivity index (χ3n) is 5.27. The summed E-state index contributed by atoms with van der Waals surface area (Å²) in [4.78, 5) is 26.6. The number of fused-ring (bicyclic) bond motifs is 2. The van der Waals surface area contributed by atoms with Gasteiger partial charge in [-0.2, -0.15) is 9.78 Å². The van der Waals surface area contributed by atoms with E-state index in [2.05, 4.69) is 15.4 Å². The van der Waals surface area contributed by atoms with Crippen LogP contribution in [0, 0.1) is 0 Å². The molecule has 3 heterocycles. The Kier molecular flexibility index (Phi) is 5.47. The number of hydrogen-bond donors (Lipinski definition) is 2. The van der Waals surface area contributed by atoms with Crippen molar-refractivity contribution in [3.63, 3.8) is 0 Å². The summed E-state index contributed by atoms with van der Waals surface area (Å²) in [5, 5.41) is 7.45. The number of nitrogens with zero attached hydrogens (tertiary/aromatic N) is 5. The summed E-state index contributed by atoms with van der Waals surface area (Å²) in [7, 11) is 0. The number of nitrogens with two attached hydrogens (primary N) is 1. The van der Waals surface area contributed by atoms with Crippen molar-refractivity contribution in [3.8, 4) is 0 Å². The van der Waals surface area contributed by atoms with Gasteiger partial charge in [-0.15, -0.1) is 0 Å². The Bertz CT molecular complexity index is 1460. The van der Waals surface area contributed by atoms with Gasteiger partial charge in [-0.25, -0.2) is 9.97 Å². The van der Waals surface area contributed by atoms with Crippen molar-refractivity contribution < 1.29 is 4.79 Å². The third-order valence-corrected chi connectivity index (χ3v) is 5.27. The van der Waals surface area contributed by atoms with Gasteiger partial charge in [0.05, 0.1) is 17.2 Å². The van der Waals surface area contributed by atoms with Crippen LogP contribution in [-0.4, -0.2) is 38.3 Å². The lowest BCUT2D eigenvalue weighted by Crippen LogP contribution is -2.26. The number of carbonyl (C=O) groups excluding carboxylic acids is 1. The molecule has 0 unspecified atom stereocenters. The lowest BCUT2D eigenvalue weighted by Gasteiger charge is -2.05. The smallest absolute Gasteiger partial charge is 0.257 e. The van der Waals surface area contributed by atoms with Crippen LogP contribution in [-0.2, 0) is 6.42 Å². The topological polar surface area (TPSA) is 111 Å². The van der Waals surface area contributed by atoms with Crippen LogP contribution in [0.15, 0.2) is 84.2 Å². The zero-order chi connectivity index (χ0) is 22.6. The van der Waals surface area contributed by atoms with Crippen LogP contribution in [0.1, 0.15) is 21.5 Å². The van der Waals surface area contributed by atoms with E-state index >= 15 is 0 Å². The number of carbonyl (C=O) groups is 1. The number of amides is 1. The lowest BCUT2D eigenvalue weighted by atomic mass is 10.1. The van der Waals surface area contributed by atoms with Crippen molar-refractivity contribution in [1.29, 1.82) is 0 Å². The molecule has 0 saturated heterocycles. The molecule has 3 N–H and O–H groups in total. The molecule has 0 aliphatic rings. The number of anilines is 1. The molecule has 1 amide bonds. The van der Waals surface area contributed by atoms with Crippen molar-refractivity contribution in [3.05, 3.63) is 95.8 Å². The summed E-state index contributed by atoms with van der Waals surface area (Å²) in [5.74, 6) is -0.126. The Morgan fingerprint density at radius 3 is 2.42 bits per heavy atom. The van der Waals surface area contributed by atoms with Gasteiger partial charge in [0.1, 0.15) is 16.9 Å². The highest BCUT2D eigenvalue weighted by molar-refractivity contribution is 6.10. The van der Waals surface area contributed by atoms with Crippen molar-refractivity contribution in [1.82, 2.24) is 24.9 Å². The molecule has 5 rings (SSSR count). The van der Waals surface area contributed by atoms with Crippen molar-refractivity contribution in [2.24, 2.45) is 5.10 Å². The van der Waals surface area contributed by atoms with Gasteiger partial charge in [0.25, 0.3) is 5.91 Å². The van der Waals surface area contributed by atoms with E-state index < -0.39 is 0 Å². The van der Waals surface area contributed by atoms with Crippen LogP contribution in [0.4, 0.5) is 5.82 Å². The zero-order valence-corrected chi connectivity index (χ0v) is 17.7. The summed E-state index contributed by atoms with van der Waals surface area (Å²) < 4.78 is 1.46. The number of aromatic nitrogens is 4. The largest absolute Gasteiger partial charge is 0.383 e. The highest BCUT2D eigenvalue weighted by Gasteiger charge is 2.23. The number of pyridine rings is 1. The molecular formula is C25H21N7O. The number of benzene rings is 2. The van der Waals surface area contributed by atoms with Crippen LogP contribution in [0.2, 0.25) is 0 Å². The lowest BCUT2D eigenvalue weighted by molar-refractivity contribution is 0.0956. The van der Waals surface area contributed by atoms with Crippen molar-refractivity contribution in [2.75, 3.05) is 12.3 Å². The first-order chi connectivity index (χ1) is 16.2. The molecule has 0 aliphatic carbocycles. The molecule has 0 radical (unpaired) electrons. The van der Waals surface area contributed by atoms with Crippen LogP contribution in [0.25, 0.3) is 22.2 Å². The number of para-hydroxylation sites is 2. The minimum absolute atomic E-state index is 0.183. The standard InChI is InChI=1S/C25H21N7O/c26-23-21(25(33)28-15-12-17-6-2-1-3-7-17)22-24(31-20-9-5-4-8-19(20)30-22)32(23)29-16-18-10-13-27-14-11-18/h1-11,13-14,16H,12,15,26H2,(H,28,33). The van der Waals surface area contributed by atoms with Crippen molar-refractivity contribution >= 4 is 40.1 Å². The predicted molar refractivity (Wildman–Crippen MR) is 129 cm³/mol. The number of hydrogen-bond acceptors (Lipinski definition) is 6. The zero-order valence-electron chi connectivity index (χ0n) is 17.7. The first-order valence-corrected chi connectivity index (χ1v) is 10.5. The van der Waals surface area contributed by atoms with E-state index in [1.54, 1.807) is 18.6 Å². The second kappa shape index (κ2) is 8.88. The molecule has 3 aromatic heterocycles. The van der Waals surface area contributed by atoms with Gasteiger partial charge in [-0.05, 0) is 41.8 Å². The summed E-state index contributed by atoms with van der Waals surface area (Å²) in [5.41, 5.74) is 10.9. The summed E-state index contributed by atoms with van der Waals surface area (Å²) >= 11 is 0. The number of rotatable bonds is 6. The number of nitrogen functional groups attached to an aromatic ring is 1. The maximum Gasteiger partial charge on any atom is 0.257 e. The maximum absolute atomic E-state index is 13.2. The normalized spacial score (nSPS) is 11.4. The molecule has 0 saturated carbocycles. The van der Waals surface area contributed by atoms with E-state index in [-0.39, 0.29) is 17.3 Å². The molecule has 0 atom stereocenters. The maximum atomic E-state index is 13.2. The van der Waals surface area contributed by atoms with E-state index in [1.165, 1.54) is 4.68 Å². The second-order valence-electron chi connectivity index (χ2n) is 7.47. The Labute approximate surface area is 189 Å². The van der Waals surface area contributed by atoms with E-state index in [4.69, 9.17) is 15.7 Å². The molecule has 33 heavy (non-hydrogen) atoms. The van der Waals surface area contributed by atoms with Gasteiger partial charge in [-0.1, -0.05) is 42.5 Å². The molecule has 0 fully saturated rings. The minimum Gasteiger partial charge on any atom is -0.383 e. The van der Waals surface area contributed by atoms with Crippen LogP contribution < -0.4 is 11.1 Å².